The van der Waals surface area contributed by atoms with Crippen LogP contribution in [0.2, 0.25) is 0 Å². The van der Waals surface area contributed by atoms with Crippen LogP contribution >= 0.6 is 0 Å². The average Bonchev–Trinajstić information content (AvgIpc) is 3.13. The second kappa shape index (κ2) is 11.2. The van der Waals surface area contributed by atoms with Gasteiger partial charge in [0, 0.05) is 0 Å². The molecule has 0 aliphatic carbocycles. The number of β-amino-alcohol motifs (C(OH)–C–C–N with tert-alkyl or cyclic N) is 1. The Morgan fingerprint density at radius 3 is 2.03 bits per heavy atom. The van der Waals surface area contributed by atoms with Crippen molar-refractivity contribution in [1.29, 1.82) is 0 Å². The van der Waals surface area contributed by atoms with Gasteiger partial charge in [-0.15, -0.1) is 0 Å². The Hall–Kier alpha value is -3.62. The van der Waals surface area contributed by atoms with Gasteiger partial charge in [0.05, 0.1) is 19.3 Å². The van der Waals surface area contributed by atoms with E-state index in [1.807, 2.05) is 30.3 Å². The SMILES string of the molecule is O=C1NC(CCc2ccccc2)C(=O)N1CC(O)COC(c1ccc(F)cc1)c1ccc(F)cc1. The number of aryl methyl sites for hydroxylation is 1. The van der Waals surface area contributed by atoms with Crippen LogP contribution in [0.5, 0.6) is 0 Å². The Kier molecular flexibility index (Phi) is 7.84. The normalized spacial score (nSPS) is 16.6. The van der Waals surface area contributed by atoms with Crippen molar-refractivity contribution in [2.24, 2.45) is 0 Å². The maximum absolute atomic E-state index is 13.4. The van der Waals surface area contributed by atoms with Gasteiger partial charge in [0.15, 0.2) is 0 Å². The number of amides is 3. The van der Waals surface area contributed by atoms with Crippen molar-refractivity contribution in [1.82, 2.24) is 10.2 Å². The number of carbonyl (C=O) groups excluding carboxylic acids is 2. The van der Waals surface area contributed by atoms with Crippen molar-refractivity contribution in [2.45, 2.75) is 31.1 Å². The Morgan fingerprint density at radius 1 is 0.886 bits per heavy atom. The van der Waals surface area contributed by atoms with Gasteiger partial charge in [-0.3, -0.25) is 9.69 Å². The molecule has 3 aromatic rings. The molecule has 0 saturated carbocycles. The number of nitrogens with one attached hydrogen (secondary N) is 1. The van der Waals surface area contributed by atoms with Crippen molar-refractivity contribution >= 4 is 11.9 Å². The lowest BCUT2D eigenvalue weighted by Crippen LogP contribution is -2.40. The number of carbonyl (C=O) groups is 2. The smallest absolute Gasteiger partial charge is 0.324 e. The third-order valence-corrected chi connectivity index (χ3v) is 5.87. The summed E-state index contributed by atoms with van der Waals surface area (Å²) in [4.78, 5) is 26.1. The number of ether oxygens (including phenoxy) is 1. The van der Waals surface area contributed by atoms with E-state index in [0.717, 1.165) is 10.5 Å². The van der Waals surface area contributed by atoms with E-state index in [9.17, 15) is 23.5 Å². The zero-order valence-electron chi connectivity index (χ0n) is 18.9. The van der Waals surface area contributed by atoms with Crippen molar-refractivity contribution in [3.63, 3.8) is 0 Å². The van der Waals surface area contributed by atoms with Crippen LogP contribution in [-0.4, -0.2) is 47.2 Å². The summed E-state index contributed by atoms with van der Waals surface area (Å²) in [6.45, 7) is -0.433. The standard InChI is InChI=1S/C27H26F2N2O4/c28-21-11-7-19(8-12-21)25(20-9-13-22(29)14-10-20)35-17-23(32)16-31-26(33)24(30-27(31)34)15-6-18-4-2-1-3-5-18/h1-5,7-14,23-25,32H,6,15-17H2,(H,30,34). The molecule has 1 heterocycles. The first-order valence-electron chi connectivity index (χ1n) is 11.4. The first-order valence-corrected chi connectivity index (χ1v) is 11.4. The van der Waals surface area contributed by atoms with Gasteiger partial charge in [-0.1, -0.05) is 54.6 Å². The van der Waals surface area contributed by atoms with Gasteiger partial charge in [0.2, 0.25) is 0 Å². The number of imide groups is 1. The maximum Gasteiger partial charge on any atom is 0.324 e. The van der Waals surface area contributed by atoms with Crippen LogP contribution in [0.4, 0.5) is 13.6 Å². The highest BCUT2D eigenvalue weighted by Gasteiger charge is 2.38. The molecule has 8 heteroatoms. The summed E-state index contributed by atoms with van der Waals surface area (Å²) in [5, 5.41) is 13.2. The number of nitrogens with zero attached hydrogens (tertiary/aromatic N) is 1. The average molecular weight is 481 g/mol. The maximum atomic E-state index is 13.4. The molecular weight excluding hydrogens is 454 g/mol. The summed E-state index contributed by atoms with van der Waals surface area (Å²) < 4.78 is 32.7. The number of hydrogen-bond acceptors (Lipinski definition) is 4. The molecule has 0 spiro atoms. The number of aliphatic hydroxyl groups is 1. The number of benzene rings is 3. The van der Waals surface area contributed by atoms with Gasteiger partial charge < -0.3 is 15.2 Å². The van der Waals surface area contributed by atoms with Crippen LogP contribution in [-0.2, 0) is 16.0 Å². The van der Waals surface area contributed by atoms with Gasteiger partial charge in [-0.05, 0) is 53.8 Å². The Balaban J connectivity index is 1.36. The highest BCUT2D eigenvalue weighted by Crippen LogP contribution is 2.27. The van der Waals surface area contributed by atoms with E-state index in [4.69, 9.17) is 4.74 Å². The molecule has 3 aromatic carbocycles. The molecule has 2 unspecified atom stereocenters. The quantitative estimate of drug-likeness (QED) is 0.430. The Morgan fingerprint density at radius 2 is 1.46 bits per heavy atom. The fraction of sp³-hybridized carbons (Fsp3) is 0.259. The van der Waals surface area contributed by atoms with Crippen molar-refractivity contribution in [2.75, 3.05) is 13.2 Å². The predicted molar refractivity (Wildman–Crippen MR) is 125 cm³/mol. The lowest BCUT2D eigenvalue weighted by molar-refractivity contribution is -0.129. The lowest BCUT2D eigenvalue weighted by Gasteiger charge is -2.23. The van der Waals surface area contributed by atoms with Crippen molar-refractivity contribution in [3.8, 4) is 0 Å². The summed E-state index contributed by atoms with van der Waals surface area (Å²) in [7, 11) is 0. The number of hydrogen-bond donors (Lipinski definition) is 2. The monoisotopic (exact) mass is 480 g/mol. The molecule has 3 amide bonds. The molecule has 1 saturated heterocycles. The number of aliphatic hydroxyl groups excluding tert-OH is 1. The summed E-state index contributed by atoms with van der Waals surface area (Å²) in [6, 6.07) is 19.8. The third-order valence-electron chi connectivity index (χ3n) is 5.87. The van der Waals surface area contributed by atoms with Gasteiger partial charge in [0.1, 0.15) is 23.8 Å². The van der Waals surface area contributed by atoms with Crippen molar-refractivity contribution in [3.05, 3.63) is 107 Å². The minimum absolute atomic E-state index is 0.203. The predicted octanol–water partition coefficient (Wildman–Crippen LogP) is 3.98. The van der Waals surface area contributed by atoms with Crippen molar-refractivity contribution < 1.29 is 28.2 Å². The summed E-state index contributed by atoms with van der Waals surface area (Å²) >= 11 is 0. The zero-order valence-corrected chi connectivity index (χ0v) is 18.9. The van der Waals surface area contributed by atoms with E-state index >= 15 is 0 Å². The summed E-state index contributed by atoms with van der Waals surface area (Å²) in [5.41, 5.74) is 2.29. The first kappa shape index (κ1) is 24.5. The topological polar surface area (TPSA) is 78.9 Å². The minimum atomic E-state index is -1.15. The highest BCUT2D eigenvalue weighted by molar-refractivity contribution is 6.04. The van der Waals surface area contributed by atoms with Gasteiger partial charge in [0.25, 0.3) is 5.91 Å². The zero-order chi connectivity index (χ0) is 24.8. The Labute approximate surface area is 202 Å². The molecule has 0 bridgehead atoms. The van der Waals surface area contributed by atoms with Gasteiger partial charge >= 0.3 is 6.03 Å². The van der Waals surface area contributed by atoms with E-state index in [1.54, 1.807) is 24.3 Å². The van der Waals surface area contributed by atoms with E-state index in [-0.39, 0.29) is 13.2 Å². The molecule has 35 heavy (non-hydrogen) atoms. The lowest BCUT2D eigenvalue weighted by atomic mass is 10.0. The molecule has 6 nitrogen and oxygen atoms in total. The highest BCUT2D eigenvalue weighted by atomic mass is 19.1. The third kappa shape index (κ3) is 6.29. The van der Waals surface area contributed by atoms with Gasteiger partial charge in [-0.2, -0.15) is 0 Å². The molecule has 182 valence electrons. The second-order valence-electron chi connectivity index (χ2n) is 8.45. The fourth-order valence-corrected chi connectivity index (χ4v) is 4.03. The largest absolute Gasteiger partial charge is 0.389 e. The molecule has 0 aromatic heterocycles. The minimum Gasteiger partial charge on any atom is -0.389 e. The van der Waals surface area contributed by atoms with E-state index < -0.39 is 41.8 Å². The van der Waals surface area contributed by atoms with E-state index in [1.165, 1.54) is 24.3 Å². The van der Waals surface area contributed by atoms with E-state index in [0.29, 0.717) is 24.0 Å². The van der Waals surface area contributed by atoms with Crippen LogP contribution in [0.1, 0.15) is 29.2 Å². The molecule has 1 fully saturated rings. The first-order chi connectivity index (χ1) is 16.9. The van der Waals surface area contributed by atoms with Crippen LogP contribution in [0.25, 0.3) is 0 Å². The molecule has 2 atom stereocenters. The molecule has 0 radical (unpaired) electrons. The summed E-state index contributed by atoms with van der Waals surface area (Å²) in [6.07, 6.45) is -0.767. The molecule has 1 aliphatic heterocycles. The molecule has 4 rings (SSSR count). The molecular formula is C27H26F2N2O4. The number of rotatable bonds is 10. The Bertz CT molecular complexity index is 1090. The molecule has 1 aliphatic rings. The number of urea groups is 1. The van der Waals surface area contributed by atoms with Crippen LogP contribution in [0, 0.1) is 11.6 Å². The van der Waals surface area contributed by atoms with Crippen LogP contribution in [0.15, 0.2) is 78.9 Å². The number of halogens is 2. The van der Waals surface area contributed by atoms with E-state index in [2.05, 4.69) is 5.32 Å². The second-order valence-corrected chi connectivity index (χ2v) is 8.45. The molecule has 2 N–H and O–H groups in total. The van der Waals surface area contributed by atoms with Gasteiger partial charge in [-0.25, -0.2) is 13.6 Å². The fourth-order valence-electron chi connectivity index (χ4n) is 4.03. The van der Waals surface area contributed by atoms with Crippen LogP contribution < -0.4 is 5.32 Å². The summed E-state index contributed by atoms with van der Waals surface area (Å²) in [5.74, 6) is -1.21. The van der Waals surface area contributed by atoms with Crippen LogP contribution in [0.3, 0.4) is 0 Å².